The van der Waals surface area contributed by atoms with Gasteiger partial charge in [-0.2, -0.15) is 0 Å². The summed E-state index contributed by atoms with van der Waals surface area (Å²) in [4.78, 5) is 27.6. The van der Waals surface area contributed by atoms with Gasteiger partial charge in [0.2, 0.25) is 5.78 Å². The normalized spacial score (nSPS) is 16.2. The summed E-state index contributed by atoms with van der Waals surface area (Å²) >= 11 is 0. The van der Waals surface area contributed by atoms with Crippen LogP contribution in [0.4, 0.5) is 10.1 Å². The van der Waals surface area contributed by atoms with E-state index in [1.165, 1.54) is 37.6 Å². The smallest absolute Gasteiger partial charge is 0.294 e. The number of methoxy groups -OCH3 is 1. The van der Waals surface area contributed by atoms with E-state index in [0.29, 0.717) is 16.7 Å². The van der Waals surface area contributed by atoms with Gasteiger partial charge in [-0.3, -0.25) is 14.5 Å². The van der Waals surface area contributed by atoms with E-state index >= 15 is 0 Å². The van der Waals surface area contributed by atoms with E-state index in [-0.39, 0.29) is 22.8 Å². The van der Waals surface area contributed by atoms with Gasteiger partial charge in [-0.05, 0) is 42.5 Å². The number of aliphatic hydroxyl groups is 1. The SMILES string of the molecule is COc1cccc2cc(C(=O)C3=C(O)C(=O)N(c4cccc(F)c4)C3c3ccco3)oc12. The Bertz CT molecular complexity index is 1380. The summed E-state index contributed by atoms with van der Waals surface area (Å²) in [6.45, 7) is 0. The molecule has 160 valence electrons. The summed E-state index contributed by atoms with van der Waals surface area (Å²) in [7, 11) is 1.48. The number of anilines is 1. The van der Waals surface area contributed by atoms with Crippen LogP contribution in [0.25, 0.3) is 11.0 Å². The Hall–Kier alpha value is -4.33. The molecular formula is C24H16FNO6. The Kier molecular flexibility index (Phi) is 4.55. The molecule has 1 amide bonds. The molecule has 0 spiro atoms. The fraction of sp³-hybridized carbons (Fsp3) is 0.0833. The third kappa shape index (κ3) is 2.96. The summed E-state index contributed by atoms with van der Waals surface area (Å²) < 4.78 is 30.4. The Labute approximate surface area is 180 Å². The highest BCUT2D eigenvalue weighted by Gasteiger charge is 2.46. The van der Waals surface area contributed by atoms with Gasteiger partial charge in [0.1, 0.15) is 17.6 Å². The molecule has 0 aliphatic carbocycles. The number of carbonyl (C=O) groups excluding carboxylic acids is 2. The average molecular weight is 433 g/mol. The van der Waals surface area contributed by atoms with Crippen molar-refractivity contribution in [1.29, 1.82) is 0 Å². The van der Waals surface area contributed by atoms with E-state index in [1.807, 2.05) is 0 Å². The van der Waals surface area contributed by atoms with E-state index in [2.05, 4.69) is 0 Å². The first-order chi connectivity index (χ1) is 15.5. The average Bonchev–Trinajstić information content (AvgIpc) is 3.52. The van der Waals surface area contributed by atoms with E-state index in [0.717, 1.165) is 11.0 Å². The number of hydrogen-bond donors (Lipinski definition) is 1. The van der Waals surface area contributed by atoms with Crippen LogP contribution in [-0.4, -0.2) is 23.9 Å². The Morgan fingerprint density at radius 1 is 1.12 bits per heavy atom. The van der Waals surface area contributed by atoms with Gasteiger partial charge in [0.15, 0.2) is 22.9 Å². The Morgan fingerprint density at radius 3 is 2.66 bits per heavy atom. The van der Waals surface area contributed by atoms with Crippen LogP contribution in [0.3, 0.4) is 0 Å². The zero-order valence-electron chi connectivity index (χ0n) is 16.7. The van der Waals surface area contributed by atoms with Crippen LogP contribution in [0, 0.1) is 5.82 Å². The molecule has 0 fully saturated rings. The van der Waals surface area contributed by atoms with Crippen molar-refractivity contribution in [1.82, 2.24) is 0 Å². The fourth-order valence-electron chi connectivity index (χ4n) is 3.89. The molecule has 1 aliphatic heterocycles. The topological polar surface area (TPSA) is 93.1 Å². The number of ether oxygens (including phenoxy) is 1. The van der Waals surface area contributed by atoms with Crippen molar-refractivity contribution < 1.29 is 32.7 Å². The minimum absolute atomic E-state index is 0.0866. The maximum atomic E-state index is 13.9. The van der Waals surface area contributed by atoms with Gasteiger partial charge in [0.05, 0.1) is 18.9 Å². The standard InChI is InChI=1S/C24H16FNO6/c1-30-17-8-2-5-13-11-18(32-23(13)17)21(27)19-20(16-9-4-10-31-16)26(24(29)22(19)28)15-7-3-6-14(25)12-15/h2-12,20,28H,1H3. The van der Waals surface area contributed by atoms with Gasteiger partial charge in [-0.25, -0.2) is 4.39 Å². The quantitative estimate of drug-likeness (QED) is 0.448. The first-order valence-electron chi connectivity index (χ1n) is 9.66. The molecule has 2 aromatic heterocycles. The number of fused-ring (bicyclic) bond motifs is 1. The van der Waals surface area contributed by atoms with Crippen molar-refractivity contribution in [2.45, 2.75) is 6.04 Å². The predicted octanol–water partition coefficient (Wildman–Crippen LogP) is 4.96. The van der Waals surface area contributed by atoms with Crippen molar-refractivity contribution in [2.75, 3.05) is 12.0 Å². The molecule has 1 aliphatic rings. The molecule has 1 unspecified atom stereocenters. The number of rotatable bonds is 5. The highest BCUT2D eigenvalue weighted by atomic mass is 19.1. The molecule has 32 heavy (non-hydrogen) atoms. The zero-order chi connectivity index (χ0) is 22.4. The third-order valence-corrected chi connectivity index (χ3v) is 5.30. The van der Waals surface area contributed by atoms with Gasteiger partial charge in [-0.1, -0.05) is 18.2 Å². The van der Waals surface area contributed by atoms with E-state index < -0.39 is 29.3 Å². The number of Topliss-reactive ketones (excluding diaryl/α,β-unsaturated/α-hetero) is 1. The second-order valence-electron chi connectivity index (χ2n) is 7.15. The molecule has 1 N–H and O–H groups in total. The lowest BCUT2D eigenvalue weighted by Crippen LogP contribution is -2.30. The second-order valence-corrected chi connectivity index (χ2v) is 7.15. The minimum atomic E-state index is -1.11. The van der Waals surface area contributed by atoms with Gasteiger partial charge in [-0.15, -0.1) is 0 Å². The largest absolute Gasteiger partial charge is 0.503 e. The van der Waals surface area contributed by atoms with E-state index in [1.54, 1.807) is 30.3 Å². The number of aliphatic hydroxyl groups excluding tert-OH is 1. The number of halogens is 1. The van der Waals surface area contributed by atoms with Crippen molar-refractivity contribution >= 4 is 28.3 Å². The lowest BCUT2D eigenvalue weighted by molar-refractivity contribution is -0.117. The highest BCUT2D eigenvalue weighted by Crippen LogP contribution is 2.43. The summed E-state index contributed by atoms with van der Waals surface area (Å²) in [5.41, 5.74) is 0.295. The fourth-order valence-corrected chi connectivity index (χ4v) is 3.89. The highest BCUT2D eigenvalue weighted by molar-refractivity contribution is 6.20. The summed E-state index contributed by atoms with van der Waals surface area (Å²) in [5, 5.41) is 11.3. The van der Waals surface area contributed by atoms with Crippen LogP contribution in [0.2, 0.25) is 0 Å². The van der Waals surface area contributed by atoms with Gasteiger partial charge in [0, 0.05) is 11.1 Å². The van der Waals surface area contributed by atoms with E-state index in [9.17, 15) is 19.1 Å². The summed E-state index contributed by atoms with van der Waals surface area (Å²) in [6, 6.07) is 14.0. The predicted molar refractivity (Wildman–Crippen MR) is 112 cm³/mol. The van der Waals surface area contributed by atoms with Gasteiger partial charge >= 0.3 is 0 Å². The second kappa shape index (κ2) is 7.42. The first kappa shape index (κ1) is 19.6. The van der Waals surface area contributed by atoms with Crippen molar-refractivity contribution in [3.05, 3.63) is 95.6 Å². The van der Waals surface area contributed by atoms with Crippen molar-refractivity contribution in [3.8, 4) is 5.75 Å². The number of amides is 1. The number of hydrogen-bond acceptors (Lipinski definition) is 6. The summed E-state index contributed by atoms with van der Waals surface area (Å²) in [5.74, 6) is -2.31. The third-order valence-electron chi connectivity index (χ3n) is 5.30. The maximum absolute atomic E-state index is 13.9. The first-order valence-corrected chi connectivity index (χ1v) is 9.66. The van der Waals surface area contributed by atoms with Gasteiger partial charge in [0.25, 0.3) is 5.91 Å². The number of ketones is 1. The molecule has 0 radical (unpaired) electrons. The molecule has 3 heterocycles. The Balaban J connectivity index is 1.65. The molecule has 1 atom stereocenters. The molecule has 7 nitrogen and oxygen atoms in total. The molecule has 4 aromatic rings. The number of furan rings is 2. The van der Waals surface area contributed by atoms with Crippen LogP contribution in [0.5, 0.6) is 5.75 Å². The molecule has 0 bridgehead atoms. The monoisotopic (exact) mass is 433 g/mol. The maximum Gasteiger partial charge on any atom is 0.294 e. The molecule has 0 saturated heterocycles. The molecule has 5 rings (SSSR count). The van der Waals surface area contributed by atoms with Gasteiger partial charge < -0.3 is 18.7 Å². The van der Waals surface area contributed by atoms with Crippen LogP contribution in [-0.2, 0) is 4.79 Å². The van der Waals surface area contributed by atoms with Crippen molar-refractivity contribution in [2.24, 2.45) is 0 Å². The summed E-state index contributed by atoms with van der Waals surface area (Å²) in [6.07, 6.45) is 1.38. The number of benzene rings is 2. The zero-order valence-corrected chi connectivity index (χ0v) is 16.7. The molecule has 2 aromatic carbocycles. The number of carbonyl (C=O) groups is 2. The van der Waals surface area contributed by atoms with Crippen LogP contribution in [0.1, 0.15) is 22.4 Å². The molecule has 0 saturated carbocycles. The van der Waals surface area contributed by atoms with Crippen LogP contribution in [0.15, 0.2) is 87.1 Å². The van der Waals surface area contributed by atoms with Crippen LogP contribution >= 0.6 is 0 Å². The number of para-hydroxylation sites is 1. The lowest BCUT2D eigenvalue weighted by atomic mass is 9.99. The molecular weight excluding hydrogens is 417 g/mol. The van der Waals surface area contributed by atoms with Crippen LogP contribution < -0.4 is 9.64 Å². The number of nitrogens with zero attached hydrogens (tertiary/aromatic N) is 1. The molecule has 8 heteroatoms. The Morgan fingerprint density at radius 2 is 1.94 bits per heavy atom. The lowest BCUT2D eigenvalue weighted by Gasteiger charge is -2.24. The van der Waals surface area contributed by atoms with Crippen molar-refractivity contribution in [3.63, 3.8) is 0 Å². The van der Waals surface area contributed by atoms with E-state index in [4.69, 9.17) is 13.6 Å². The minimum Gasteiger partial charge on any atom is -0.503 e.